The van der Waals surface area contributed by atoms with Crippen molar-refractivity contribution in [3.8, 4) is 11.3 Å². The molecule has 2 aromatic heterocycles. The van der Waals surface area contributed by atoms with Crippen molar-refractivity contribution >= 4 is 39.0 Å². The lowest BCUT2D eigenvalue weighted by Crippen LogP contribution is -2.14. The molecule has 2 heterocycles. The number of fused-ring (bicyclic) bond motifs is 1. The van der Waals surface area contributed by atoms with Gasteiger partial charge in [0.15, 0.2) is 5.65 Å². The van der Waals surface area contributed by atoms with Crippen LogP contribution in [0.4, 0.5) is 0 Å². The first kappa shape index (κ1) is 16.7. The Kier molecular flexibility index (Phi) is 4.33. The van der Waals surface area contributed by atoms with Crippen LogP contribution in [-0.4, -0.2) is 26.9 Å². The second-order valence-corrected chi connectivity index (χ2v) is 8.00. The molecule has 1 fully saturated rings. The summed E-state index contributed by atoms with van der Waals surface area (Å²) in [6.07, 6.45) is 6.43. The van der Waals surface area contributed by atoms with E-state index >= 15 is 0 Å². The number of thioether (sulfide) groups is 1. The van der Waals surface area contributed by atoms with Crippen molar-refractivity contribution in [1.29, 1.82) is 0 Å². The molecule has 1 N–H and O–H groups in total. The fraction of sp³-hybridized carbons (Fsp3) is 0.263. The maximum atomic E-state index is 4.58. The van der Waals surface area contributed by atoms with Gasteiger partial charge in [-0.15, -0.1) is 11.8 Å². The smallest absolute Gasteiger partial charge is 0.167 e. The SMILES string of the molecule is C=C(NC1CC1)c1ccc(-c2cnc3c(SC)cc(Br)nn23)cc1C. The van der Waals surface area contributed by atoms with Crippen molar-refractivity contribution < 1.29 is 0 Å². The molecule has 0 unspecified atom stereocenters. The van der Waals surface area contributed by atoms with E-state index < -0.39 is 0 Å². The highest BCUT2D eigenvalue weighted by Crippen LogP contribution is 2.30. The summed E-state index contributed by atoms with van der Waals surface area (Å²) in [4.78, 5) is 5.67. The molecule has 4 nitrogen and oxygen atoms in total. The first-order valence-corrected chi connectivity index (χ1v) is 10.2. The molecule has 25 heavy (non-hydrogen) atoms. The van der Waals surface area contributed by atoms with Crippen molar-refractivity contribution in [3.05, 3.63) is 52.8 Å². The van der Waals surface area contributed by atoms with Crippen LogP contribution in [0, 0.1) is 6.92 Å². The lowest BCUT2D eigenvalue weighted by atomic mass is 10.0. The maximum Gasteiger partial charge on any atom is 0.167 e. The molecule has 0 saturated heterocycles. The van der Waals surface area contributed by atoms with Gasteiger partial charge in [-0.3, -0.25) is 0 Å². The second kappa shape index (κ2) is 6.50. The molecule has 3 aromatic rings. The Morgan fingerprint density at radius 1 is 1.36 bits per heavy atom. The third-order valence-electron chi connectivity index (χ3n) is 4.43. The molecule has 4 rings (SSSR count). The maximum absolute atomic E-state index is 4.58. The van der Waals surface area contributed by atoms with E-state index in [0.717, 1.165) is 32.1 Å². The average molecular weight is 415 g/mol. The normalized spacial score (nSPS) is 14.0. The molecule has 0 amide bonds. The van der Waals surface area contributed by atoms with E-state index in [1.54, 1.807) is 11.8 Å². The van der Waals surface area contributed by atoms with E-state index in [0.29, 0.717) is 6.04 Å². The standard InChI is InChI=1S/C19H19BrN4S/c1-11-8-13(4-7-15(11)12(2)22-14-5-6-14)16-10-21-19-17(25-3)9-18(20)23-24(16)19/h4,7-10,14,22H,2,5-6H2,1,3H3. The summed E-state index contributed by atoms with van der Waals surface area (Å²) in [7, 11) is 0. The van der Waals surface area contributed by atoms with Crippen molar-refractivity contribution in [3.63, 3.8) is 0 Å². The summed E-state index contributed by atoms with van der Waals surface area (Å²) < 4.78 is 2.71. The summed E-state index contributed by atoms with van der Waals surface area (Å²) in [5.74, 6) is 0. The van der Waals surface area contributed by atoms with Crippen LogP contribution in [0.15, 0.2) is 46.5 Å². The van der Waals surface area contributed by atoms with Crippen LogP contribution >= 0.6 is 27.7 Å². The topological polar surface area (TPSA) is 42.2 Å². The molecule has 0 atom stereocenters. The molecule has 1 saturated carbocycles. The number of rotatable bonds is 5. The van der Waals surface area contributed by atoms with Crippen LogP contribution in [0.1, 0.15) is 24.0 Å². The monoisotopic (exact) mass is 414 g/mol. The van der Waals surface area contributed by atoms with Gasteiger partial charge in [0.25, 0.3) is 0 Å². The summed E-state index contributed by atoms with van der Waals surface area (Å²) >= 11 is 5.17. The van der Waals surface area contributed by atoms with Crippen LogP contribution in [0.3, 0.4) is 0 Å². The summed E-state index contributed by atoms with van der Waals surface area (Å²) in [6.45, 7) is 6.32. The number of aryl methyl sites for hydroxylation is 1. The van der Waals surface area contributed by atoms with E-state index in [-0.39, 0.29) is 0 Å². The highest BCUT2D eigenvalue weighted by atomic mass is 79.9. The molecule has 0 radical (unpaired) electrons. The molecular formula is C19H19BrN4S. The molecule has 1 aliphatic carbocycles. The van der Waals surface area contributed by atoms with E-state index in [1.165, 1.54) is 24.0 Å². The number of halogens is 1. The minimum Gasteiger partial charge on any atom is -0.382 e. The first-order chi connectivity index (χ1) is 12.1. The Balaban J connectivity index is 1.75. The van der Waals surface area contributed by atoms with Gasteiger partial charge in [-0.05, 0) is 65.2 Å². The van der Waals surface area contributed by atoms with Gasteiger partial charge in [-0.25, -0.2) is 9.50 Å². The third kappa shape index (κ3) is 3.20. The third-order valence-corrected chi connectivity index (χ3v) is 5.55. The van der Waals surface area contributed by atoms with E-state index in [4.69, 9.17) is 0 Å². The number of hydrogen-bond acceptors (Lipinski definition) is 4. The van der Waals surface area contributed by atoms with Crippen molar-refractivity contribution in [2.75, 3.05) is 6.26 Å². The Hall–Kier alpha value is -1.79. The minimum absolute atomic E-state index is 0.608. The van der Waals surface area contributed by atoms with Gasteiger partial charge in [0.05, 0.1) is 16.8 Å². The predicted octanol–water partition coefficient (Wildman–Crippen LogP) is 4.91. The van der Waals surface area contributed by atoms with Gasteiger partial charge in [-0.2, -0.15) is 5.10 Å². The number of imidazole rings is 1. The van der Waals surface area contributed by atoms with Crippen LogP contribution < -0.4 is 5.32 Å². The predicted molar refractivity (Wildman–Crippen MR) is 108 cm³/mol. The molecule has 128 valence electrons. The number of benzene rings is 1. The van der Waals surface area contributed by atoms with Crippen LogP contribution in [0.5, 0.6) is 0 Å². The number of nitrogens with zero attached hydrogens (tertiary/aromatic N) is 3. The van der Waals surface area contributed by atoms with E-state index in [9.17, 15) is 0 Å². The summed E-state index contributed by atoms with van der Waals surface area (Å²) in [6, 6.07) is 9.04. The van der Waals surface area contributed by atoms with Crippen molar-refractivity contribution in [2.24, 2.45) is 0 Å². The van der Waals surface area contributed by atoms with Gasteiger partial charge in [0.1, 0.15) is 4.60 Å². The summed E-state index contributed by atoms with van der Waals surface area (Å²) in [5, 5.41) is 8.07. The van der Waals surface area contributed by atoms with Gasteiger partial charge in [0, 0.05) is 17.3 Å². The molecule has 6 heteroatoms. The van der Waals surface area contributed by atoms with Gasteiger partial charge < -0.3 is 5.32 Å². The summed E-state index contributed by atoms with van der Waals surface area (Å²) in [5.41, 5.74) is 6.35. The number of hydrogen-bond donors (Lipinski definition) is 1. The Labute approximate surface area is 159 Å². The Bertz CT molecular complexity index is 975. The Morgan fingerprint density at radius 3 is 2.84 bits per heavy atom. The zero-order valence-corrected chi connectivity index (χ0v) is 16.6. The zero-order valence-electron chi connectivity index (χ0n) is 14.2. The van der Waals surface area contributed by atoms with Crippen LogP contribution in [0.2, 0.25) is 0 Å². The quantitative estimate of drug-likeness (QED) is 0.602. The lowest BCUT2D eigenvalue weighted by Gasteiger charge is -2.13. The minimum atomic E-state index is 0.608. The van der Waals surface area contributed by atoms with Gasteiger partial charge >= 0.3 is 0 Å². The van der Waals surface area contributed by atoms with Crippen LogP contribution in [0.25, 0.3) is 22.6 Å². The highest BCUT2D eigenvalue weighted by molar-refractivity contribution is 9.10. The lowest BCUT2D eigenvalue weighted by molar-refractivity contribution is 0.883. The highest BCUT2D eigenvalue weighted by Gasteiger charge is 2.22. The number of aromatic nitrogens is 3. The number of nitrogens with one attached hydrogen (secondary N) is 1. The largest absolute Gasteiger partial charge is 0.382 e. The molecular weight excluding hydrogens is 396 g/mol. The fourth-order valence-electron chi connectivity index (χ4n) is 2.97. The van der Waals surface area contributed by atoms with Crippen LogP contribution in [-0.2, 0) is 0 Å². The van der Waals surface area contributed by atoms with Crippen molar-refractivity contribution in [1.82, 2.24) is 19.9 Å². The molecule has 0 bridgehead atoms. The molecule has 0 spiro atoms. The molecule has 1 aliphatic rings. The first-order valence-electron chi connectivity index (χ1n) is 8.22. The van der Waals surface area contributed by atoms with Gasteiger partial charge in [-0.1, -0.05) is 18.7 Å². The van der Waals surface area contributed by atoms with Crippen molar-refractivity contribution in [2.45, 2.75) is 30.7 Å². The van der Waals surface area contributed by atoms with E-state index in [1.807, 2.05) is 23.0 Å². The second-order valence-electron chi connectivity index (χ2n) is 6.34. The zero-order chi connectivity index (χ0) is 17.6. The van der Waals surface area contributed by atoms with E-state index in [2.05, 4.69) is 63.0 Å². The molecule has 1 aromatic carbocycles. The average Bonchev–Trinajstić information content (AvgIpc) is 3.30. The van der Waals surface area contributed by atoms with Gasteiger partial charge in [0.2, 0.25) is 0 Å². The fourth-order valence-corrected chi connectivity index (χ4v) is 4.06. The molecule has 0 aliphatic heterocycles. The Morgan fingerprint density at radius 2 is 2.16 bits per heavy atom.